The van der Waals surface area contributed by atoms with E-state index in [0.29, 0.717) is 11.6 Å². The number of aromatic nitrogens is 1. The van der Waals surface area contributed by atoms with E-state index in [9.17, 15) is 4.79 Å². The van der Waals surface area contributed by atoms with Crippen LogP contribution in [0.15, 0.2) is 42.5 Å². The average molecular weight is 330 g/mol. The zero-order chi connectivity index (χ0) is 17.6. The lowest BCUT2D eigenvalue weighted by Crippen LogP contribution is -2.25. The minimum absolute atomic E-state index is 0.00517. The summed E-state index contributed by atoms with van der Waals surface area (Å²) >= 11 is 0. The molecule has 2 aromatic carbocycles. The van der Waals surface area contributed by atoms with E-state index in [4.69, 9.17) is 4.98 Å². The van der Waals surface area contributed by atoms with Crippen LogP contribution in [0.2, 0.25) is 0 Å². The van der Waals surface area contributed by atoms with E-state index < -0.39 is 0 Å². The minimum Gasteiger partial charge on any atom is -0.349 e. The van der Waals surface area contributed by atoms with Gasteiger partial charge in [-0.05, 0) is 69.0 Å². The van der Waals surface area contributed by atoms with Crippen molar-refractivity contribution in [3.8, 4) is 11.3 Å². The highest BCUT2D eigenvalue weighted by Crippen LogP contribution is 2.28. The number of carbonyl (C=O) groups is 1. The highest BCUT2D eigenvalue weighted by molar-refractivity contribution is 6.07. The number of hydrogen-bond acceptors (Lipinski definition) is 2. The highest BCUT2D eigenvalue weighted by atomic mass is 16.1. The molecule has 1 fully saturated rings. The van der Waals surface area contributed by atoms with Gasteiger partial charge in [0.2, 0.25) is 0 Å². The fraction of sp³-hybridized carbons (Fsp3) is 0.273. The third kappa shape index (κ3) is 3.14. The first-order valence-electron chi connectivity index (χ1n) is 8.81. The van der Waals surface area contributed by atoms with E-state index in [1.807, 2.05) is 31.2 Å². The summed E-state index contributed by atoms with van der Waals surface area (Å²) in [5.41, 5.74) is 7.09. The van der Waals surface area contributed by atoms with Gasteiger partial charge < -0.3 is 5.32 Å². The maximum Gasteiger partial charge on any atom is 0.252 e. The monoisotopic (exact) mass is 330 g/mol. The van der Waals surface area contributed by atoms with E-state index in [1.54, 1.807) is 0 Å². The zero-order valence-electron chi connectivity index (χ0n) is 14.9. The standard InChI is InChI=1S/C22H22N2O/c1-13-4-9-20-18(10-13)19(22(25)23-17-7-8-17)12-21(24-20)16-6-5-14(2)15(3)11-16/h4-6,9-12,17H,7-8H2,1-3H3,(H,23,25). The molecule has 3 aromatic rings. The predicted octanol–water partition coefficient (Wildman–Crippen LogP) is 4.72. The van der Waals surface area contributed by atoms with Gasteiger partial charge in [-0.2, -0.15) is 0 Å². The van der Waals surface area contributed by atoms with Crippen LogP contribution in [0, 0.1) is 20.8 Å². The van der Waals surface area contributed by atoms with Crippen LogP contribution in [0.5, 0.6) is 0 Å². The van der Waals surface area contributed by atoms with Gasteiger partial charge in [0.25, 0.3) is 5.91 Å². The molecule has 25 heavy (non-hydrogen) atoms. The van der Waals surface area contributed by atoms with Crippen LogP contribution in [0.1, 0.15) is 39.9 Å². The van der Waals surface area contributed by atoms with Crippen molar-refractivity contribution < 1.29 is 4.79 Å². The summed E-state index contributed by atoms with van der Waals surface area (Å²) in [4.78, 5) is 17.6. The Balaban J connectivity index is 1.88. The number of fused-ring (bicyclic) bond motifs is 1. The minimum atomic E-state index is 0.00517. The maximum atomic E-state index is 12.8. The number of nitrogens with one attached hydrogen (secondary N) is 1. The lowest BCUT2D eigenvalue weighted by atomic mass is 10.00. The molecule has 1 saturated carbocycles. The van der Waals surface area contributed by atoms with E-state index in [0.717, 1.165) is 40.6 Å². The Hall–Kier alpha value is -2.68. The summed E-state index contributed by atoms with van der Waals surface area (Å²) in [5, 5.41) is 4.04. The molecule has 0 atom stereocenters. The van der Waals surface area contributed by atoms with Gasteiger partial charge in [0.1, 0.15) is 0 Å². The van der Waals surface area contributed by atoms with Crippen LogP contribution in [0.3, 0.4) is 0 Å². The summed E-state index contributed by atoms with van der Waals surface area (Å²) in [6.07, 6.45) is 2.16. The Morgan fingerprint density at radius 3 is 2.52 bits per heavy atom. The quantitative estimate of drug-likeness (QED) is 0.755. The first kappa shape index (κ1) is 15.8. The molecule has 1 aliphatic rings. The number of benzene rings is 2. The normalized spacial score (nSPS) is 13.9. The van der Waals surface area contributed by atoms with Gasteiger partial charge in [-0.25, -0.2) is 4.98 Å². The Morgan fingerprint density at radius 2 is 1.80 bits per heavy atom. The molecule has 3 heteroatoms. The van der Waals surface area contributed by atoms with Crippen molar-refractivity contribution in [2.75, 3.05) is 0 Å². The molecule has 0 bridgehead atoms. The highest BCUT2D eigenvalue weighted by Gasteiger charge is 2.25. The smallest absolute Gasteiger partial charge is 0.252 e. The molecule has 1 aromatic heterocycles. The van der Waals surface area contributed by atoms with Gasteiger partial charge in [0.05, 0.1) is 16.8 Å². The molecule has 0 saturated heterocycles. The molecular weight excluding hydrogens is 308 g/mol. The first-order chi connectivity index (χ1) is 12.0. The second-order valence-electron chi connectivity index (χ2n) is 7.12. The molecule has 0 aliphatic heterocycles. The maximum absolute atomic E-state index is 12.8. The largest absolute Gasteiger partial charge is 0.349 e. The fourth-order valence-corrected chi connectivity index (χ4v) is 3.07. The van der Waals surface area contributed by atoms with Crippen LogP contribution in [-0.4, -0.2) is 16.9 Å². The number of amides is 1. The van der Waals surface area contributed by atoms with Crippen LogP contribution >= 0.6 is 0 Å². The SMILES string of the molecule is Cc1ccc2nc(-c3ccc(C)c(C)c3)cc(C(=O)NC3CC3)c2c1. The number of carbonyl (C=O) groups excluding carboxylic acids is 1. The molecule has 0 radical (unpaired) electrons. The zero-order valence-corrected chi connectivity index (χ0v) is 14.9. The van der Waals surface area contributed by atoms with Gasteiger partial charge >= 0.3 is 0 Å². The second kappa shape index (κ2) is 5.99. The number of hydrogen-bond donors (Lipinski definition) is 1. The number of nitrogens with zero attached hydrogens (tertiary/aromatic N) is 1. The van der Waals surface area contributed by atoms with Gasteiger partial charge in [-0.15, -0.1) is 0 Å². The third-order valence-electron chi connectivity index (χ3n) is 4.92. The number of pyridine rings is 1. The Morgan fingerprint density at radius 1 is 1.00 bits per heavy atom. The molecule has 126 valence electrons. The summed E-state index contributed by atoms with van der Waals surface area (Å²) in [6, 6.07) is 14.7. The van der Waals surface area contributed by atoms with Crippen LogP contribution in [-0.2, 0) is 0 Å². The first-order valence-corrected chi connectivity index (χ1v) is 8.81. The predicted molar refractivity (Wildman–Crippen MR) is 102 cm³/mol. The van der Waals surface area contributed by atoms with Crippen LogP contribution in [0.4, 0.5) is 0 Å². The van der Waals surface area contributed by atoms with Gasteiger partial charge in [-0.3, -0.25) is 4.79 Å². The van der Waals surface area contributed by atoms with Crippen molar-refractivity contribution in [1.82, 2.24) is 10.3 Å². The molecule has 4 rings (SSSR count). The Labute approximate surface area is 148 Å². The summed E-state index contributed by atoms with van der Waals surface area (Å²) < 4.78 is 0. The van der Waals surface area contributed by atoms with Crippen LogP contribution in [0.25, 0.3) is 22.2 Å². The van der Waals surface area contributed by atoms with E-state index in [1.165, 1.54) is 11.1 Å². The molecular formula is C22H22N2O. The Kier molecular flexibility index (Phi) is 3.79. The van der Waals surface area contributed by atoms with E-state index >= 15 is 0 Å². The lowest BCUT2D eigenvalue weighted by molar-refractivity contribution is 0.0952. The average Bonchev–Trinajstić information content (AvgIpc) is 3.40. The topological polar surface area (TPSA) is 42.0 Å². The molecule has 0 unspecified atom stereocenters. The van der Waals surface area contributed by atoms with Crippen molar-refractivity contribution in [2.45, 2.75) is 39.7 Å². The molecule has 3 nitrogen and oxygen atoms in total. The van der Waals surface area contributed by atoms with Crippen molar-refractivity contribution in [3.05, 3.63) is 64.7 Å². The van der Waals surface area contributed by atoms with Gasteiger partial charge in [-0.1, -0.05) is 23.8 Å². The van der Waals surface area contributed by atoms with Crippen molar-refractivity contribution in [2.24, 2.45) is 0 Å². The van der Waals surface area contributed by atoms with E-state index in [-0.39, 0.29) is 5.91 Å². The van der Waals surface area contributed by atoms with Gasteiger partial charge in [0, 0.05) is 17.0 Å². The number of rotatable bonds is 3. The summed E-state index contributed by atoms with van der Waals surface area (Å²) in [7, 11) is 0. The lowest BCUT2D eigenvalue weighted by Gasteiger charge is -2.12. The summed E-state index contributed by atoms with van der Waals surface area (Å²) in [6.45, 7) is 6.24. The molecule has 0 spiro atoms. The number of aryl methyl sites for hydroxylation is 3. The fourth-order valence-electron chi connectivity index (χ4n) is 3.07. The molecule has 1 aliphatic carbocycles. The third-order valence-corrected chi connectivity index (χ3v) is 4.92. The van der Waals surface area contributed by atoms with Crippen molar-refractivity contribution >= 4 is 16.8 Å². The Bertz CT molecular complexity index is 987. The summed E-state index contributed by atoms with van der Waals surface area (Å²) in [5.74, 6) is 0.00517. The molecule has 1 amide bonds. The molecule has 1 N–H and O–H groups in total. The van der Waals surface area contributed by atoms with Crippen molar-refractivity contribution in [1.29, 1.82) is 0 Å². The molecule has 1 heterocycles. The van der Waals surface area contributed by atoms with Crippen molar-refractivity contribution in [3.63, 3.8) is 0 Å². The second-order valence-corrected chi connectivity index (χ2v) is 7.12. The van der Waals surface area contributed by atoms with E-state index in [2.05, 4.69) is 37.4 Å². The van der Waals surface area contributed by atoms with Gasteiger partial charge in [0.15, 0.2) is 0 Å². The van der Waals surface area contributed by atoms with Crippen LogP contribution < -0.4 is 5.32 Å².